The number of hydrogen-bond donors (Lipinski definition) is 2. The highest BCUT2D eigenvalue weighted by molar-refractivity contribution is 5.90. The Kier molecular flexibility index (Phi) is 3.09. The zero-order valence-corrected chi connectivity index (χ0v) is 9.12. The van der Waals surface area contributed by atoms with Crippen LogP contribution in [0.15, 0.2) is 36.4 Å². The van der Waals surface area contributed by atoms with Crippen molar-refractivity contribution in [2.24, 2.45) is 0 Å². The molecule has 0 fully saturated rings. The van der Waals surface area contributed by atoms with Gasteiger partial charge in [0.1, 0.15) is 5.75 Å². The van der Waals surface area contributed by atoms with Crippen LogP contribution in [0.2, 0.25) is 0 Å². The highest BCUT2D eigenvalue weighted by Gasteiger charge is 2.02. The number of hydrogen-bond acceptors (Lipinski definition) is 2. The Balaban J connectivity index is 2.58. The van der Waals surface area contributed by atoms with Crippen molar-refractivity contribution in [1.82, 2.24) is 5.32 Å². The zero-order valence-electron chi connectivity index (χ0n) is 9.12. The largest absolute Gasteiger partial charge is 0.507 e. The molecule has 0 spiro atoms. The van der Waals surface area contributed by atoms with Crippen LogP contribution in [0.3, 0.4) is 0 Å². The molecule has 2 nitrogen and oxygen atoms in total. The summed E-state index contributed by atoms with van der Waals surface area (Å²) in [5, 5.41) is 14.8. The summed E-state index contributed by atoms with van der Waals surface area (Å²) in [6.45, 7) is 0.614. The lowest BCUT2D eigenvalue weighted by molar-refractivity contribution is 0.474. The van der Waals surface area contributed by atoms with Crippen LogP contribution in [0, 0.1) is 11.8 Å². The molecule has 0 unspecified atom stereocenters. The summed E-state index contributed by atoms with van der Waals surface area (Å²) in [7, 11) is 1.84. The third kappa shape index (κ3) is 2.00. The second kappa shape index (κ2) is 4.69. The van der Waals surface area contributed by atoms with E-state index < -0.39 is 0 Å². The fourth-order valence-corrected chi connectivity index (χ4v) is 1.61. The lowest BCUT2D eigenvalue weighted by Gasteiger charge is -2.02. The van der Waals surface area contributed by atoms with Crippen LogP contribution in [-0.2, 0) is 0 Å². The predicted octanol–water partition coefficient (Wildman–Crippen LogP) is 2.12. The highest BCUT2D eigenvalue weighted by atomic mass is 16.3. The Morgan fingerprint density at radius 1 is 1.19 bits per heavy atom. The molecule has 0 aliphatic heterocycles. The number of phenolic OH excluding ortho intramolecular Hbond substituents is 1. The topological polar surface area (TPSA) is 32.3 Å². The first kappa shape index (κ1) is 10.5. The maximum Gasteiger partial charge on any atom is 0.131 e. The molecule has 0 aliphatic rings. The van der Waals surface area contributed by atoms with E-state index in [0.29, 0.717) is 12.1 Å². The van der Waals surface area contributed by atoms with Gasteiger partial charge in [-0.15, -0.1) is 0 Å². The summed E-state index contributed by atoms with van der Waals surface area (Å²) in [4.78, 5) is 0. The molecule has 0 aromatic heterocycles. The van der Waals surface area contributed by atoms with Gasteiger partial charge < -0.3 is 10.4 Å². The van der Waals surface area contributed by atoms with Crippen LogP contribution in [0.1, 0.15) is 5.56 Å². The van der Waals surface area contributed by atoms with Crippen LogP contribution in [0.25, 0.3) is 10.8 Å². The van der Waals surface area contributed by atoms with Crippen LogP contribution in [0.4, 0.5) is 0 Å². The minimum atomic E-state index is 0.238. The van der Waals surface area contributed by atoms with Gasteiger partial charge in [0.05, 0.1) is 12.1 Å². The third-order valence-corrected chi connectivity index (χ3v) is 2.39. The first-order valence-electron chi connectivity index (χ1n) is 5.17. The summed E-state index contributed by atoms with van der Waals surface area (Å²) in [5.41, 5.74) is 0.702. The lowest BCUT2D eigenvalue weighted by Crippen LogP contribution is -2.04. The smallest absolute Gasteiger partial charge is 0.131 e. The average molecular weight is 211 g/mol. The number of fused-ring (bicyclic) bond motifs is 1. The van der Waals surface area contributed by atoms with Crippen molar-refractivity contribution in [1.29, 1.82) is 0 Å². The summed E-state index contributed by atoms with van der Waals surface area (Å²) in [6.07, 6.45) is 0. The van der Waals surface area contributed by atoms with E-state index in [1.165, 1.54) is 0 Å². The van der Waals surface area contributed by atoms with Crippen molar-refractivity contribution in [3.05, 3.63) is 42.0 Å². The second-order valence-electron chi connectivity index (χ2n) is 3.51. The first-order valence-corrected chi connectivity index (χ1v) is 5.17. The van der Waals surface area contributed by atoms with Crippen molar-refractivity contribution in [3.8, 4) is 17.6 Å². The Morgan fingerprint density at radius 3 is 2.81 bits per heavy atom. The van der Waals surface area contributed by atoms with Gasteiger partial charge in [-0.05, 0) is 18.5 Å². The van der Waals surface area contributed by atoms with Crippen molar-refractivity contribution >= 4 is 10.8 Å². The number of nitrogens with one attached hydrogen (secondary N) is 1. The molecule has 2 heteroatoms. The second-order valence-corrected chi connectivity index (χ2v) is 3.51. The van der Waals surface area contributed by atoms with Crippen molar-refractivity contribution in [2.45, 2.75) is 0 Å². The van der Waals surface area contributed by atoms with E-state index in [1.807, 2.05) is 37.4 Å². The van der Waals surface area contributed by atoms with Gasteiger partial charge in [-0.2, -0.15) is 0 Å². The summed E-state index contributed by atoms with van der Waals surface area (Å²) < 4.78 is 0. The number of aromatic hydroxyl groups is 1. The van der Waals surface area contributed by atoms with Crippen LogP contribution >= 0.6 is 0 Å². The highest BCUT2D eigenvalue weighted by Crippen LogP contribution is 2.25. The molecule has 16 heavy (non-hydrogen) atoms. The molecule has 80 valence electrons. The van der Waals surface area contributed by atoms with E-state index in [9.17, 15) is 5.11 Å². The standard InChI is InChI=1S/C14H13NO/c1-15-10-4-7-13-12-6-3-2-5-11(12)8-9-14(13)16/h2-3,5-6,8-9,15-16H,10H2,1H3. The number of rotatable bonds is 1. The van der Waals surface area contributed by atoms with Crippen LogP contribution < -0.4 is 5.32 Å². The molecule has 0 atom stereocenters. The first-order chi connectivity index (χ1) is 7.83. The fraction of sp³-hybridized carbons (Fsp3) is 0.143. The molecule has 2 rings (SSSR count). The Morgan fingerprint density at radius 2 is 2.00 bits per heavy atom. The molecule has 2 aromatic carbocycles. The minimum Gasteiger partial charge on any atom is -0.507 e. The normalized spacial score (nSPS) is 9.81. The van der Waals surface area contributed by atoms with Gasteiger partial charge in [-0.25, -0.2) is 0 Å². The summed E-state index contributed by atoms with van der Waals surface area (Å²) in [6, 6.07) is 11.5. The van der Waals surface area contributed by atoms with Gasteiger partial charge >= 0.3 is 0 Å². The van der Waals surface area contributed by atoms with Gasteiger partial charge in [-0.3, -0.25) is 0 Å². The Hall–Kier alpha value is -1.98. The molecule has 0 saturated carbocycles. The van der Waals surface area contributed by atoms with E-state index >= 15 is 0 Å². The molecule has 0 aliphatic carbocycles. The minimum absolute atomic E-state index is 0.238. The monoisotopic (exact) mass is 211 g/mol. The average Bonchev–Trinajstić information content (AvgIpc) is 2.32. The van der Waals surface area contributed by atoms with Crippen molar-refractivity contribution in [2.75, 3.05) is 13.6 Å². The van der Waals surface area contributed by atoms with Gasteiger partial charge in [-0.1, -0.05) is 42.2 Å². The van der Waals surface area contributed by atoms with Crippen molar-refractivity contribution < 1.29 is 5.11 Å². The van der Waals surface area contributed by atoms with Crippen LogP contribution in [-0.4, -0.2) is 18.7 Å². The lowest BCUT2D eigenvalue weighted by atomic mass is 10.0. The van der Waals surface area contributed by atoms with Gasteiger partial charge in [0, 0.05) is 5.39 Å². The van der Waals surface area contributed by atoms with E-state index in [0.717, 1.165) is 10.8 Å². The SMILES string of the molecule is CNCC#Cc1c(O)ccc2ccccc12. The molecule has 2 aromatic rings. The van der Waals surface area contributed by atoms with Gasteiger partial charge in [0.15, 0.2) is 0 Å². The van der Waals surface area contributed by atoms with E-state index in [4.69, 9.17) is 0 Å². The van der Waals surface area contributed by atoms with E-state index in [1.54, 1.807) is 6.07 Å². The Labute approximate surface area is 94.9 Å². The molecule has 0 saturated heterocycles. The quantitative estimate of drug-likeness (QED) is 0.708. The molecule has 0 radical (unpaired) electrons. The third-order valence-electron chi connectivity index (χ3n) is 2.39. The summed E-state index contributed by atoms with van der Waals surface area (Å²) >= 11 is 0. The molecule has 0 amide bonds. The van der Waals surface area contributed by atoms with Gasteiger partial charge in [0.25, 0.3) is 0 Å². The van der Waals surface area contributed by atoms with E-state index in [-0.39, 0.29) is 5.75 Å². The van der Waals surface area contributed by atoms with E-state index in [2.05, 4.69) is 17.2 Å². The zero-order chi connectivity index (χ0) is 11.4. The number of benzene rings is 2. The van der Waals surface area contributed by atoms with Crippen LogP contribution in [0.5, 0.6) is 5.75 Å². The molecule has 2 N–H and O–H groups in total. The Bertz CT molecular complexity index is 564. The van der Waals surface area contributed by atoms with Crippen molar-refractivity contribution in [3.63, 3.8) is 0 Å². The molecular formula is C14H13NO. The number of phenols is 1. The maximum atomic E-state index is 9.78. The predicted molar refractivity (Wildman–Crippen MR) is 66.4 cm³/mol. The summed E-state index contributed by atoms with van der Waals surface area (Å²) in [5.74, 6) is 6.20. The molecular weight excluding hydrogens is 198 g/mol. The van der Waals surface area contributed by atoms with Gasteiger partial charge in [0.2, 0.25) is 0 Å². The molecule has 0 heterocycles. The fourth-order valence-electron chi connectivity index (χ4n) is 1.61. The molecule has 0 bridgehead atoms. The maximum absolute atomic E-state index is 9.78.